The van der Waals surface area contributed by atoms with Crippen molar-refractivity contribution < 1.29 is 18.3 Å². The minimum atomic E-state index is -3.11. The first-order valence-electron chi connectivity index (χ1n) is 6.70. The lowest BCUT2D eigenvalue weighted by molar-refractivity contribution is -0.135. The minimum absolute atomic E-state index is 0.0858. The summed E-state index contributed by atoms with van der Waals surface area (Å²) in [7, 11) is -3.11. The van der Waals surface area contributed by atoms with Crippen LogP contribution in [0.4, 0.5) is 0 Å². The number of nitrogens with zero attached hydrogens (tertiary/aromatic N) is 1. The Bertz CT molecular complexity index is 391. The van der Waals surface area contributed by atoms with Crippen molar-refractivity contribution >= 4 is 15.7 Å². The van der Waals surface area contributed by atoms with E-state index in [9.17, 15) is 13.2 Å². The summed E-state index contributed by atoms with van der Waals surface area (Å²) in [4.78, 5) is 13.9. The molecule has 0 bridgehead atoms. The number of rotatable bonds is 7. The van der Waals surface area contributed by atoms with Gasteiger partial charge in [-0.05, 0) is 19.3 Å². The van der Waals surface area contributed by atoms with E-state index in [4.69, 9.17) is 10.8 Å². The first-order valence-corrected chi connectivity index (χ1v) is 8.76. The molecule has 6 nitrogen and oxygen atoms in total. The highest BCUT2D eigenvalue weighted by Gasteiger charge is 2.29. The lowest BCUT2D eigenvalue weighted by atomic mass is 10.1. The molecule has 0 saturated heterocycles. The van der Waals surface area contributed by atoms with Gasteiger partial charge in [0, 0.05) is 18.8 Å². The van der Waals surface area contributed by atoms with Crippen LogP contribution >= 0.6 is 0 Å². The Kier molecular flexibility index (Phi) is 6.22. The number of sulfone groups is 1. The van der Waals surface area contributed by atoms with Crippen molar-refractivity contribution in [2.75, 3.05) is 25.2 Å². The van der Waals surface area contributed by atoms with E-state index < -0.39 is 15.9 Å². The summed E-state index contributed by atoms with van der Waals surface area (Å²) in [6, 6.07) is -0.661. The largest absolute Gasteiger partial charge is 0.395 e. The topological polar surface area (TPSA) is 101 Å². The highest BCUT2D eigenvalue weighted by molar-refractivity contribution is 7.90. The summed E-state index contributed by atoms with van der Waals surface area (Å²) in [5.74, 6) is -0.332. The van der Waals surface area contributed by atoms with Crippen LogP contribution in [0.25, 0.3) is 0 Å². The molecule has 0 aromatic heterocycles. The molecule has 0 aliphatic heterocycles. The normalized spacial score (nSPS) is 18.5. The van der Waals surface area contributed by atoms with E-state index in [1.165, 1.54) is 0 Å². The zero-order chi connectivity index (χ0) is 14.5. The lowest BCUT2D eigenvalue weighted by Crippen LogP contribution is -2.49. The number of nitrogens with two attached hydrogens (primary N) is 1. The first-order chi connectivity index (χ1) is 8.85. The quantitative estimate of drug-likeness (QED) is 0.659. The molecule has 112 valence electrons. The van der Waals surface area contributed by atoms with Gasteiger partial charge in [0.25, 0.3) is 0 Å². The third-order valence-electron chi connectivity index (χ3n) is 3.51. The molecule has 0 aromatic carbocycles. The molecule has 1 aliphatic carbocycles. The zero-order valence-corrected chi connectivity index (χ0v) is 12.2. The summed E-state index contributed by atoms with van der Waals surface area (Å²) in [6.07, 6.45) is 5.30. The van der Waals surface area contributed by atoms with Gasteiger partial charge in [-0.3, -0.25) is 4.79 Å². The molecule has 1 amide bonds. The van der Waals surface area contributed by atoms with Crippen molar-refractivity contribution in [1.82, 2.24) is 4.90 Å². The number of carbonyl (C=O) groups excluding carboxylic acids is 1. The molecular formula is C12H24N2O4S. The monoisotopic (exact) mass is 292 g/mol. The van der Waals surface area contributed by atoms with Crippen molar-refractivity contribution in [3.8, 4) is 0 Å². The van der Waals surface area contributed by atoms with Crippen LogP contribution in [0.2, 0.25) is 0 Å². The van der Waals surface area contributed by atoms with Crippen LogP contribution in [0, 0.1) is 0 Å². The molecule has 19 heavy (non-hydrogen) atoms. The van der Waals surface area contributed by atoms with Crippen LogP contribution in [-0.2, 0) is 14.6 Å². The van der Waals surface area contributed by atoms with Gasteiger partial charge in [0.1, 0.15) is 9.84 Å². The Morgan fingerprint density at radius 1 is 1.42 bits per heavy atom. The van der Waals surface area contributed by atoms with Gasteiger partial charge in [0.2, 0.25) is 5.91 Å². The molecule has 1 unspecified atom stereocenters. The maximum absolute atomic E-state index is 12.2. The molecule has 0 aromatic rings. The van der Waals surface area contributed by atoms with Gasteiger partial charge in [0.15, 0.2) is 0 Å². The predicted octanol–water partition coefficient (Wildman–Crippen LogP) is -0.488. The Labute approximate surface area is 114 Å². The summed E-state index contributed by atoms with van der Waals surface area (Å²) < 4.78 is 22.2. The third kappa shape index (κ3) is 5.46. The van der Waals surface area contributed by atoms with Gasteiger partial charge >= 0.3 is 0 Å². The second kappa shape index (κ2) is 7.21. The number of carbonyl (C=O) groups is 1. The van der Waals surface area contributed by atoms with Crippen LogP contribution in [0.5, 0.6) is 0 Å². The van der Waals surface area contributed by atoms with Gasteiger partial charge in [0.05, 0.1) is 18.4 Å². The summed E-state index contributed by atoms with van der Waals surface area (Å²) >= 11 is 0. The van der Waals surface area contributed by atoms with Crippen molar-refractivity contribution in [2.24, 2.45) is 5.73 Å². The maximum atomic E-state index is 12.2. The average Bonchev–Trinajstić information content (AvgIpc) is 2.84. The lowest BCUT2D eigenvalue weighted by Gasteiger charge is -2.30. The third-order valence-corrected chi connectivity index (χ3v) is 4.48. The van der Waals surface area contributed by atoms with Crippen LogP contribution in [0.3, 0.4) is 0 Å². The molecule has 0 spiro atoms. The SMILES string of the molecule is CS(=O)(=O)CCC(N)C(=O)N(CCO)C1CCCC1. The highest BCUT2D eigenvalue weighted by Crippen LogP contribution is 2.23. The van der Waals surface area contributed by atoms with E-state index in [1.807, 2.05) is 0 Å². The van der Waals surface area contributed by atoms with E-state index in [0.29, 0.717) is 0 Å². The molecule has 0 radical (unpaired) electrons. The number of aliphatic hydroxyl groups is 1. The van der Waals surface area contributed by atoms with Crippen molar-refractivity contribution in [1.29, 1.82) is 0 Å². The Hall–Kier alpha value is -0.660. The maximum Gasteiger partial charge on any atom is 0.239 e. The van der Waals surface area contributed by atoms with Crippen LogP contribution in [-0.4, -0.2) is 61.6 Å². The molecule has 1 saturated carbocycles. The van der Waals surface area contributed by atoms with Gasteiger partial charge in [-0.2, -0.15) is 0 Å². The zero-order valence-electron chi connectivity index (χ0n) is 11.4. The van der Waals surface area contributed by atoms with Crippen LogP contribution in [0.1, 0.15) is 32.1 Å². The van der Waals surface area contributed by atoms with E-state index >= 15 is 0 Å². The molecular weight excluding hydrogens is 268 g/mol. The fraction of sp³-hybridized carbons (Fsp3) is 0.917. The standard InChI is InChI=1S/C12H24N2O4S/c1-19(17,18)9-6-11(13)12(16)14(7-8-15)10-4-2-3-5-10/h10-11,15H,2-9,13H2,1H3. The second-order valence-electron chi connectivity index (χ2n) is 5.22. The molecule has 1 aliphatic rings. The van der Waals surface area contributed by atoms with Gasteiger partial charge in [-0.15, -0.1) is 0 Å². The first kappa shape index (κ1) is 16.4. The van der Waals surface area contributed by atoms with E-state index in [1.54, 1.807) is 4.90 Å². The van der Waals surface area contributed by atoms with Crippen molar-refractivity contribution in [3.63, 3.8) is 0 Å². The fourth-order valence-electron chi connectivity index (χ4n) is 2.47. The Balaban J connectivity index is 2.59. The second-order valence-corrected chi connectivity index (χ2v) is 7.48. The molecule has 1 fully saturated rings. The summed E-state index contributed by atoms with van der Waals surface area (Å²) in [5.41, 5.74) is 5.79. The van der Waals surface area contributed by atoms with E-state index in [2.05, 4.69) is 0 Å². The average molecular weight is 292 g/mol. The number of aliphatic hydroxyl groups excluding tert-OH is 1. The summed E-state index contributed by atoms with van der Waals surface area (Å²) in [6.45, 7) is 0.178. The predicted molar refractivity (Wildman–Crippen MR) is 73.4 cm³/mol. The molecule has 7 heteroatoms. The van der Waals surface area contributed by atoms with E-state index in [-0.39, 0.29) is 37.3 Å². The molecule has 3 N–H and O–H groups in total. The number of hydrogen-bond donors (Lipinski definition) is 2. The summed E-state index contributed by atoms with van der Waals surface area (Å²) in [5, 5.41) is 9.06. The van der Waals surface area contributed by atoms with Crippen LogP contribution in [0.15, 0.2) is 0 Å². The molecule has 1 rings (SSSR count). The minimum Gasteiger partial charge on any atom is -0.395 e. The number of hydrogen-bond acceptors (Lipinski definition) is 5. The fourth-order valence-corrected chi connectivity index (χ4v) is 3.16. The van der Waals surface area contributed by atoms with Crippen LogP contribution < -0.4 is 5.73 Å². The van der Waals surface area contributed by atoms with Crippen molar-refractivity contribution in [2.45, 2.75) is 44.2 Å². The Morgan fingerprint density at radius 2 is 2.00 bits per heavy atom. The van der Waals surface area contributed by atoms with Gasteiger partial charge in [-0.1, -0.05) is 12.8 Å². The highest BCUT2D eigenvalue weighted by atomic mass is 32.2. The smallest absolute Gasteiger partial charge is 0.239 e. The van der Waals surface area contributed by atoms with Gasteiger partial charge < -0.3 is 15.7 Å². The molecule has 0 heterocycles. The molecule has 1 atom stereocenters. The van der Waals surface area contributed by atoms with E-state index in [0.717, 1.165) is 31.9 Å². The Morgan fingerprint density at radius 3 is 2.47 bits per heavy atom. The number of amides is 1. The van der Waals surface area contributed by atoms with Gasteiger partial charge in [-0.25, -0.2) is 8.42 Å². The van der Waals surface area contributed by atoms with Crippen molar-refractivity contribution in [3.05, 3.63) is 0 Å².